The van der Waals surface area contributed by atoms with Gasteiger partial charge in [0.25, 0.3) is 0 Å². The molecule has 0 spiro atoms. The number of pyridine rings is 1. The summed E-state index contributed by atoms with van der Waals surface area (Å²) in [5, 5.41) is 14.1. The summed E-state index contributed by atoms with van der Waals surface area (Å²) in [6.07, 6.45) is 6.35. The molecule has 0 aliphatic carbocycles. The van der Waals surface area contributed by atoms with Crippen molar-refractivity contribution in [3.05, 3.63) is 48.3 Å². The Hall–Kier alpha value is -2.90. The van der Waals surface area contributed by atoms with Gasteiger partial charge in [0.2, 0.25) is 0 Å². The smallest absolute Gasteiger partial charge is 0.326 e. The van der Waals surface area contributed by atoms with Gasteiger partial charge in [-0.2, -0.15) is 0 Å². The number of hydrogen-bond acceptors (Lipinski definition) is 4. The molecule has 4 N–H and O–H groups in total. The molecule has 2 aromatic rings. The second-order valence-corrected chi connectivity index (χ2v) is 4.35. The van der Waals surface area contributed by atoms with Crippen molar-refractivity contribution in [2.75, 3.05) is 0 Å². The summed E-state index contributed by atoms with van der Waals surface area (Å²) < 4.78 is 0. The number of H-pyrrole nitrogens is 1. The molecule has 0 aliphatic rings. The molecule has 2 aromatic heterocycles. The van der Waals surface area contributed by atoms with Crippen LogP contribution in [0.4, 0.5) is 4.79 Å². The standard InChI is InChI=1S/C13H15N5O3/c19-12(20)11(5-10-7-15-8-17-10)18-13(21)16-6-9-1-3-14-4-2-9/h1-4,7-8,11H,5-6H2,(H,15,17)(H,19,20)(H2,16,18,21)/t11-/m1/s1. The summed E-state index contributed by atoms with van der Waals surface area (Å²) in [7, 11) is 0. The first kappa shape index (κ1) is 14.5. The zero-order chi connectivity index (χ0) is 15.1. The molecular formula is C13H15N5O3. The molecule has 110 valence electrons. The summed E-state index contributed by atoms with van der Waals surface area (Å²) >= 11 is 0. The largest absolute Gasteiger partial charge is 0.480 e. The summed E-state index contributed by atoms with van der Waals surface area (Å²) in [6.45, 7) is 0.296. The topological polar surface area (TPSA) is 120 Å². The van der Waals surface area contributed by atoms with Gasteiger partial charge in [-0.1, -0.05) is 0 Å². The van der Waals surface area contributed by atoms with Crippen LogP contribution in [0.15, 0.2) is 37.1 Å². The van der Waals surface area contributed by atoms with Crippen LogP contribution >= 0.6 is 0 Å². The lowest BCUT2D eigenvalue weighted by Gasteiger charge is -2.14. The van der Waals surface area contributed by atoms with Gasteiger partial charge in [0.05, 0.1) is 6.33 Å². The number of aromatic amines is 1. The molecule has 8 nitrogen and oxygen atoms in total. The van der Waals surface area contributed by atoms with E-state index in [1.54, 1.807) is 24.5 Å². The Morgan fingerprint density at radius 2 is 2.05 bits per heavy atom. The highest BCUT2D eigenvalue weighted by Crippen LogP contribution is 1.99. The number of nitrogens with zero attached hydrogens (tertiary/aromatic N) is 2. The van der Waals surface area contributed by atoms with Gasteiger partial charge in [-0.25, -0.2) is 14.6 Å². The Morgan fingerprint density at radius 3 is 2.67 bits per heavy atom. The summed E-state index contributed by atoms with van der Waals surface area (Å²) in [4.78, 5) is 33.4. The summed E-state index contributed by atoms with van der Waals surface area (Å²) in [6, 6.07) is 1.96. The van der Waals surface area contributed by atoms with Crippen molar-refractivity contribution in [1.82, 2.24) is 25.6 Å². The zero-order valence-electron chi connectivity index (χ0n) is 11.1. The fourth-order valence-electron chi connectivity index (χ4n) is 1.71. The third-order valence-corrected chi connectivity index (χ3v) is 2.78. The first-order valence-corrected chi connectivity index (χ1v) is 6.28. The number of rotatable bonds is 6. The molecule has 0 saturated carbocycles. The van der Waals surface area contributed by atoms with Crippen LogP contribution in [0.1, 0.15) is 11.3 Å². The van der Waals surface area contributed by atoms with E-state index in [0.717, 1.165) is 5.56 Å². The fourth-order valence-corrected chi connectivity index (χ4v) is 1.71. The molecule has 0 unspecified atom stereocenters. The number of aliphatic carboxylic acids is 1. The number of hydrogen-bond donors (Lipinski definition) is 4. The van der Waals surface area contributed by atoms with Gasteiger partial charge >= 0.3 is 12.0 Å². The Labute approximate surface area is 120 Å². The van der Waals surface area contributed by atoms with E-state index in [2.05, 4.69) is 25.6 Å². The van der Waals surface area contributed by atoms with Crippen molar-refractivity contribution in [1.29, 1.82) is 0 Å². The number of aromatic nitrogens is 3. The lowest BCUT2D eigenvalue weighted by atomic mass is 10.2. The maximum absolute atomic E-state index is 11.7. The Balaban J connectivity index is 1.85. The number of amides is 2. The Morgan fingerprint density at radius 1 is 1.29 bits per heavy atom. The number of urea groups is 1. The number of imidazole rings is 1. The fraction of sp³-hybridized carbons (Fsp3) is 0.231. The van der Waals surface area contributed by atoms with Crippen molar-refractivity contribution < 1.29 is 14.7 Å². The molecule has 1 atom stereocenters. The van der Waals surface area contributed by atoms with Crippen LogP contribution in [-0.4, -0.2) is 38.1 Å². The van der Waals surface area contributed by atoms with Crippen LogP contribution in [0.5, 0.6) is 0 Å². The zero-order valence-corrected chi connectivity index (χ0v) is 11.1. The molecule has 0 saturated heterocycles. The molecule has 0 bridgehead atoms. The molecule has 0 fully saturated rings. The van der Waals surface area contributed by atoms with Crippen LogP contribution in [0.3, 0.4) is 0 Å². The minimum atomic E-state index is -1.11. The van der Waals surface area contributed by atoms with E-state index in [9.17, 15) is 9.59 Å². The highest BCUT2D eigenvalue weighted by molar-refractivity contribution is 5.82. The lowest BCUT2D eigenvalue weighted by molar-refractivity contribution is -0.139. The molecule has 2 amide bonds. The molecule has 0 radical (unpaired) electrons. The van der Waals surface area contributed by atoms with E-state index in [1.807, 2.05) is 0 Å². The van der Waals surface area contributed by atoms with Gasteiger partial charge in [0.15, 0.2) is 0 Å². The first-order chi connectivity index (χ1) is 10.1. The van der Waals surface area contributed by atoms with Crippen molar-refractivity contribution in [3.63, 3.8) is 0 Å². The average molecular weight is 289 g/mol. The molecule has 21 heavy (non-hydrogen) atoms. The first-order valence-electron chi connectivity index (χ1n) is 6.28. The second kappa shape index (κ2) is 7.04. The van der Waals surface area contributed by atoms with E-state index in [0.29, 0.717) is 12.2 Å². The van der Waals surface area contributed by atoms with Gasteiger partial charge in [-0.3, -0.25) is 4.98 Å². The van der Waals surface area contributed by atoms with Crippen molar-refractivity contribution in [2.24, 2.45) is 0 Å². The van der Waals surface area contributed by atoms with Crippen molar-refractivity contribution in [2.45, 2.75) is 19.0 Å². The van der Waals surface area contributed by atoms with Gasteiger partial charge in [0, 0.05) is 37.3 Å². The maximum atomic E-state index is 11.7. The van der Waals surface area contributed by atoms with E-state index >= 15 is 0 Å². The number of carbonyl (C=O) groups is 2. The Kier molecular flexibility index (Phi) is 4.86. The minimum absolute atomic E-state index is 0.137. The minimum Gasteiger partial charge on any atom is -0.480 e. The quantitative estimate of drug-likeness (QED) is 0.609. The third kappa shape index (κ3) is 4.60. The van der Waals surface area contributed by atoms with Crippen LogP contribution in [0.2, 0.25) is 0 Å². The summed E-state index contributed by atoms with van der Waals surface area (Å²) in [5.74, 6) is -1.11. The van der Waals surface area contributed by atoms with Crippen LogP contribution in [0.25, 0.3) is 0 Å². The number of carbonyl (C=O) groups excluding carboxylic acids is 1. The predicted molar refractivity (Wildman–Crippen MR) is 73.3 cm³/mol. The van der Waals surface area contributed by atoms with E-state index in [-0.39, 0.29) is 6.42 Å². The third-order valence-electron chi connectivity index (χ3n) is 2.78. The maximum Gasteiger partial charge on any atom is 0.326 e. The molecule has 0 aromatic carbocycles. The monoisotopic (exact) mass is 289 g/mol. The second-order valence-electron chi connectivity index (χ2n) is 4.35. The van der Waals surface area contributed by atoms with E-state index < -0.39 is 18.0 Å². The molecule has 8 heteroatoms. The number of carboxylic acids is 1. The van der Waals surface area contributed by atoms with Gasteiger partial charge in [-0.15, -0.1) is 0 Å². The van der Waals surface area contributed by atoms with E-state index in [1.165, 1.54) is 12.5 Å². The van der Waals surface area contributed by atoms with Crippen LogP contribution in [-0.2, 0) is 17.8 Å². The number of nitrogens with one attached hydrogen (secondary N) is 3. The van der Waals surface area contributed by atoms with Crippen molar-refractivity contribution >= 4 is 12.0 Å². The normalized spacial score (nSPS) is 11.6. The van der Waals surface area contributed by atoms with E-state index in [4.69, 9.17) is 5.11 Å². The summed E-state index contributed by atoms with van der Waals surface area (Å²) in [5.41, 5.74) is 1.51. The lowest BCUT2D eigenvalue weighted by Crippen LogP contribution is -2.46. The van der Waals surface area contributed by atoms with Gasteiger partial charge in [0.1, 0.15) is 6.04 Å². The molecule has 2 heterocycles. The Bertz CT molecular complexity index is 585. The SMILES string of the molecule is O=C(NCc1ccncc1)N[C@H](Cc1cnc[nH]1)C(=O)O. The van der Waals surface area contributed by atoms with Gasteiger partial charge < -0.3 is 20.7 Å². The predicted octanol–water partition coefficient (Wildman–Crippen LogP) is 0.300. The van der Waals surface area contributed by atoms with Gasteiger partial charge in [-0.05, 0) is 17.7 Å². The number of carboxylic acid groups (broad SMARTS) is 1. The van der Waals surface area contributed by atoms with Crippen LogP contribution in [0, 0.1) is 0 Å². The highest BCUT2D eigenvalue weighted by Gasteiger charge is 2.20. The van der Waals surface area contributed by atoms with Crippen molar-refractivity contribution in [3.8, 4) is 0 Å². The molecule has 2 rings (SSSR count). The molecular weight excluding hydrogens is 274 g/mol. The highest BCUT2D eigenvalue weighted by atomic mass is 16.4. The average Bonchev–Trinajstić information content (AvgIpc) is 2.98. The van der Waals surface area contributed by atoms with Crippen LogP contribution < -0.4 is 10.6 Å². The molecule has 0 aliphatic heterocycles.